The largest absolute Gasteiger partial charge is 0.0801 e. The molecule has 0 nitrogen and oxygen atoms in total. The summed E-state index contributed by atoms with van der Waals surface area (Å²) in [5, 5.41) is 0. The van der Waals surface area contributed by atoms with E-state index in [1.165, 1.54) is 30.4 Å². The van der Waals surface area contributed by atoms with E-state index in [1.807, 2.05) is 0 Å². The average Bonchev–Trinajstić information content (AvgIpc) is 2.94. The number of fused-ring (bicyclic) bond motifs is 1. The Morgan fingerprint density at radius 3 is 2.78 bits per heavy atom. The van der Waals surface area contributed by atoms with Crippen molar-refractivity contribution >= 4 is 11.1 Å². The van der Waals surface area contributed by atoms with E-state index in [2.05, 4.69) is 38.1 Å². The molecule has 18 heavy (non-hydrogen) atoms. The van der Waals surface area contributed by atoms with Gasteiger partial charge in [0.2, 0.25) is 0 Å². The summed E-state index contributed by atoms with van der Waals surface area (Å²) >= 11 is 0. The molecule has 0 N–H and O–H groups in total. The molecule has 0 spiro atoms. The normalized spacial score (nSPS) is 19.8. The van der Waals surface area contributed by atoms with Crippen molar-refractivity contribution in [2.45, 2.75) is 39.5 Å². The Morgan fingerprint density at radius 2 is 2.00 bits per heavy atom. The fourth-order valence-corrected chi connectivity index (χ4v) is 3.94. The van der Waals surface area contributed by atoms with Crippen LogP contribution in [0.15, 0.2) is 29.9 Å². The van der Waals surface area contributed by atoms with E-state index in [9.17, 15) is 0 Å². The van der Waals surface area contributed by atoms with Gasteiger partial charge in [0.05, 0.1) is 0 Å². The van der Waals surface area contributed by atoms with Crippen molar-refractivity contribution in [2.75, 3.05) is 0 Å². The van der Waals surface area contributed by atoms with E-state index in [0.29, 0.717) is 0 Å². The summed E-state index contributed by atoms with van der Waals surface area (Å²) in [5.74, 6) is 0. The minimum absolute atomic E-state index is 1.12. The third kappa shape index (κ3) is 1.21. The van der Waals surface area contributed by atoms with Crippen molar-refractivity contribution < 1.29 is 0 Å². The predicted octanol–water partition coefficient (Wildman–Crippen LogP) is 4.61. The standard InChI is InChI=1S/C18H18/c1-11-9-14-10-17(13-5-3-4-6-13)16-8-7-15(11)18(14)12(16)2/h3-5,10H,6-9H2,1-2H3. The van der Waals surface area contributed by atoms with Crippen molar-refractivity contribution in [1.29, 1.82) is 0 Å². The molecular formula is C18H18. The SMILES string of the molecule is CC1=C2CCc3c(C4=CC=CC4)cc(c2c3C)C1. The molecule has 0 radical (unpaired) electrons. The average molecular weight is 234 g/mol. The van der Waals surface area contributed by atoms with Gasteiger partial charge in [0.15, 0.2) is 0 Å². The number of hydrogen-bond acceptors (Lipinski definition) is 0. The van der Waals surface area contributed by atoms with Crippen LogP contribution in [0.1, 0.15) is 47.6 Å². The lowest BCUT2D eigenvalue weighted by Crippen LogP contribution is -2.07. The summed E-state index contributed by atoms with van der Waals surface area (Å²) in [7, 11) is 0. The first-order chi connectivity index (χ1) is 8.75. The highest BCUT2D eigenvalue weighted by Gasteiger charge is 2.28. The van der Waals surface area contributed by atoms with Crippen molar-refractivity contribution in [2.24, 2.45) is 0 Å². The highest BCUT2D eigenvalue weighted by Crippen LogP contribution is 2.45. The Kier molecular flexibility index (Phi) is 2.00. The summed E-state index contributed by atoms with van der Waals surface area (Å²) in [5.41, 5.74) is 12.7. The lowest BCUT2D eigenvalue weighted by molar-refractivity contribution is 0.958. The third-order valence-electron chi connectivity index (χ3n) is 4.81. The zero-order valence-electron chi connectivity index (χ0n) is 11.1. The van der Waals surface area contributed by atoms with E-state index in [0.717, 1.165) is 6.42 Å². The Labute approximate surface area is 109 Å². The summed E-state index contributed by atoms with van der Waals surface area (Å²) in [6, 6.07) is 2.48. The molecule has 0 unspecified atom stereocenters. The van der Waals surface area contributed by atoms with Gasteiger partial charge >= 0.3 is 0 Å². The molecule has 0 heterocycles. The topological polar surface area (TPSA) is 0 Å². The predicted molar refractivity (Wildman–Crippen MR) is 77.5 cm³/mol. The first kappa shape index (κ1) is 10.4. The van der Waals surface area contributed by atoms with E-state index in [4.69, 9.17) is 0 Å². The lowest BCUT2D eigenvalue weighted by atomic mass is 9.80. The fraction of sp³-hybridized carbons (Fsp3) is 0.333. The molecule has 1 aromatic rings. The Bertz CT molecular complexity index is 651. The molecule has 1 aromatic carbocycles. The zero-order chi connectivity index (χ0) is 12.3. The number of rotatable bonds is 1. The van der Waals surface area contributed by atoms with Gasteiger partial charge in [0.1, 0.15) is 0 Å². The molecule has 0 saturated heterocycles. The third-order valence-corrected chi connectivity index (χ3v) is 4.81. The first-order valence-corrected chi connectivity index (χ1v) is 6.96. The van der Waals surface area contributed by atoms with Crippen LogP contribution in [0.2, 0.25) is 0 Å². The van der Waals surface area contributed by atoms with Crippen LogP contribution in [0.5, 0.6) is 0 Å². The minimum atomic E-state index is 1.12. The second-order valence-corrected chi connectivity index (χ2v) is 5.82. The van der Waals surface area contributed by atoms with Crippen LogP contribution in [0.25, 0.3) is 11.1 Å². The zero-order valence-corrected chi connectivity index (χ0v) is 11.1. The maximum absolute atomic E-state index is 2.48. The monoisotopic (exact) mass is 234 g/mol. The number of benzene rings is 1. The van der Waals surface area contributed by atoms with Crippen LogP contribution < -0.4 is 0 Å². The summed E-state index contributed by atoms with van der Waals surface area (Å²) < 4.78 is 0. The molecule has 4 rings (SSSR count). The van der Waals surface area contributed by atoms with Gasteiger partial charge in [-0.2, -0.15) is 0 Å². The van der Waals surface area contributed by atoms with Gasteiger partial charge in [-0.15, -0.1) is 0 Å². The Hall–Kier alpha value is -1.56. The van der Waals surface area contributed by atoms with Gasteiger partial charge in [-0.25, -0.2) is 0 Å². The first-order valence-electron chi connectivity index (χ1n) is 6.96. The molecular weight excluding hydrogens is 216 g/mol. The molecule has 90 valence electrons. The molecule has 3 aliphatic rings. The quantitative estimate of drug-likeness (QED) is 0.665. The molecule has 0 saturated carbocycles. The van der Waals surface area contributed by atoms with E-state index < -0.39 is 0 Å². The molecule has 2 bridgehead atoms. The van der Waals surface area contributed by atoms with E-state index in [1.54, 1.807) is 33.4 Å². The van der Waals surface area contributed by atoms with Crippen molar-refractivity contribution in [1.82, 2.24) is 0 Å². The highest BCUT2D eigenvalue weighted by molar-refractivity contribution is 5.85. The van der Waals surface area contributed by atoms with Crippen LogP contribution in [0.4, 0.5) is 0 Å². The van der Waals surface area contributed by atoms with Crippen molar-refractivity contribution in [3.63, 3.8) is 0 Å². The fourth-order valence-electron chi connectivity index (χ4n) is 3.94. The van der Waals surface area contributed by atoms with Crippen LogP contribution in [-0.2, 0) is 12.8 Å². The summed E-state index contributed by atoms with van der Waals surface area (Å²) in [6.45, 7) is 4.65. The van der Waals surface area contributed by atoms with Gasteiger partial charge in [0.25, 0.3) is 0 Å². The summed E-state index contributed by atoms with van der Waals surface area (Å²) in [6.07, 6.45) is 11.5. The second kappa shape index (κ2) is 3.47. The Morgan fingerprint density at radius 1 is 1.11 bits per heavy atom. The van der Waals surface area contributed by atoms with Gasteiger partial charge < -0.3 is 0 Å². The van der Waals surface area contributed by atoms with Crippen LogP contribution >= 0.6 is 0 Å². The van der Waals surface area contributed by atoms with Gasteiger partial charge in [-0.1, -0.05) is 29.9 Å². The van der Waals surface area contributed by atoms with Gasteiger partial charge in [-0.05, 0) is 78.5 Å². The van der Waals surface area contributed by atoms with E-state index in [-0.39, 0.29) is 0 Å². The molecule has 0 atom stereocenters. The molecule has 0 aliphatic heterocycles. The van der Waals surface area contributed by atoms with Crippen molar-refractivity contribution in [3.8, 4) is 0 Å². The molecule has 0 aromatic heterocycles. The number of hydrogen-bond donors (Lipinski definition) is 0. The molecule has 0 amide bonds. The highest BCUT2D eigenvalue weighted by atomic mass is 14.3. The van der Waals surface area contributed by atoms with E-state index >= 15 is 0 Å². The molecule has 3 aliphatic carbocycles. The van der Waals surface area contributed by atoms with Crippen molar-refractivity contribution in [3.05, 3.63) is 57.7 Å². The van der Waals surface area contributed by atoms with Crippen LogP contribution in [0.3, 0.4) is 0 Å². The van der Waals surface area contributed by atoms with Gasteiger partial charge in [0, 0.05) is 0 Å². The smallest absolute Gasteiger partial charge is 0.00575 e. The maximum Gasteiger partial charge on any atom is -0.00575 e. The van der Waals surface area contributed by atoms with Gasteiger partial charge in [-0.3, -0.25) is 0 Å². The maximum atomic E-state index is 2.48. The molecule has 0 fully saturated rings. The minimum Gasteiger partial charge on any atom is -0.0801 e. The number of allylic oxidation sites excluding steroid dienone is 6. The molecule has 0 heteroatoms. The van der Waals surface area contributed by atoms with Crippen LogP contribution in [0, 0.1) is 6.92 Å². The lowest BCUT2D eigenvalue weighted by Gasteiger charge is -2.24. The summed E-state index contributed by atoms with van der Waals surface area (Å²) in [4.78, 5) is 0. The van der Waals surface area contributed by atoms with Crippen LogP contribution in [-0.4, -0.2) is 0 Å². The Balaban J connectivity index is 1.98. The second-order valence-electron chi connectivity index (χ2n) is 5.82.